The molecule has 0 aliphatic rings. The van der Waals surface area contributed by atoms with Gasteiger partial charge >= 0.3 is 0 Å². The Balaban J connectivity index is 2.30. The van der Waals surface area contributed by atoms with E-state index in [9.17, 15) is 9.18 Å². The Labute approximate surface area is 116 Å². The predicted molar refractivity (Wildman–Crippen MR) is 76.5 cm³/mol. The van der Waals surface area contributed by atoms with E-state index in [-0.39, 0.29) is 5.56 Å². The summed E-state index contributed by atoms with van der Waals surface area (Å²) in [6, 6.07) is 9.20. The highest BCUT2D eigenvalue weighted by molar-refractivity contribution is 6.05. The number of nitrogens with two attached hydrogens (primary N) is 1. The van der Waals surface area contributed by atoms with Crippen LogP contribution in [0.4, 0.5) is 15.8 Å². The second-order valence-corrected chi connectivity index (χ2v) is 4.40. The Hall–Kier alpha value is -2.56. The van der Waals surface area contributed by atoms with Crippen LogP contribution in [0.15, 0.2) is 36.4 Å². The molecule has 0 saturated carbocycles. The third-order valence-electron chi connectivity index (χ3n) is 2.84. The van der Waals surface area contributed by atoms with Crippen LogP contribution in [-0.4, -0.2) is 13.0 Å². The van der Waals surface area contributed by atoms with Crippen molar-refractivity contribution in [3.05, 3.63) is 53.3 Å². The molecule has 0 aliphatic carbocycles. The van der Waals surface area contributed by atoms with Gasteiger partial charge in [-0.2, -0.15) is 0 Å². The van der Waals surface area contributed by atoms with Crippen LogP contribution in [0, 0.1) is 12.7 Å². The molecule has 20 heavy (non-hydrogen) atoms. The van der Waals surface area contributed by atoms with E-state index in [0.29, 0.717) is 17.1 Å². The quantitative estimate of drug-likeness (QED) is 0.846. The highest BCUT2D eigenvalue weighted by Gasteiger charge is 2.14. The maximum Gasteiger partial charge on any atom is 0.258 e. The molecule has 0 fully saturated rings. The first-order chi connectivity index (χ1) is 9.51. The smallest absolute Gasteiger partial charge is 0.258 e. The maximum atomic E-state index is 13.7. The average molecular weight is 274 g/mol. The van der Waals surface area contributed by atoms with Crippen molar-refractivity contribution >= 4 is 17.3 Å². The van der Waals surface area contributed by atoms with Gasteiger partial charge in [-0.3, -0.25) is 4.79 Å². The van der Waals surface area contributed by atoms with Crippen LogP contribution >= 0.6 is 0 Å². The average Bonchev–Trinajstić information content (AvgIpc) is 2.43. The number of nitrogens with one attached hydrogen (secondary N) is 1. The van der Waals surface area contributed by atoms with Crippen LogP contribution in [0.3, 0.4) is 0 Å². The minimum absolute atomic E-state index is 0.0103. The zero-order valence-corrected chi connectivity index (χ0v) is 11.2. The summed E-state index contributed by atoms with van der Waals surface area (Å²) in [6.45, 7) is 1.79. The van der Waals surface area contributed by atoms with Crippen molar-refractivity contribution < 1.29 is 13.9 Å². The van der Waals surface area contributed by atoms with Crippen molar-refractivity contribution in [3.8, 4) is 5.75 Å². The van der Waals surface area contributed by atoms with Gasteiger partial charge in [-0.15, -0.1) is 0 Å². The van der Waals surface area contributed by atoms with Crippen LogP contribution in [0.2, 0.25) is 0 Å². The summed E-state index contributed by atoms with van der Waals surface area (Å²) in [6.07, 6.45) is 0. The number of methoxy groups -OCH3 is 1. The summed E-state index contributed by atoms with van der Waals surface area (Å²) < 4.78 is 18.8. The van der Waals surface area contributed by atoms with Crippen LogP contribution in [0.25, 0.3) is 0 Å². The van der Waals surface area contributed by atoms with Crippen molar-refractivity contribution in [2.24, 2.45) is 0 Å². The van der Waals surface area contributed by atoms with Crippen molar-refractivity contribution in [2.45, 2.75) is 6.92 Å². The van der Waals surface area contributed by atoms with Gasteiger partial charge in [0, 0.05) is 11.8 Å². The van der Waals surface area contributed by atoms with Gasteiger partial charge in [0.15, 0.2) is 0 Å². The number of anilines is 2. The van der Waals surface area contributed by atoms with Gasteiger partial charge < -0.3 is 15.8 Å². The zero-order chi connectivity index (χ0) is 14.7. The number of carbonyl (C=O) groups is 1. The van der Waals surface area contributed by atoms with Gasteiger partial charge in [-0.05, 0) is 31.2 Å². The first-order valence-electron chi connectivity index (χ1n) is 6.02. The number of halogens is 1. The predicted octanol–water partition coefficient (Wildman–Crippen LogP) is 2.98. The number of nitrogen functional groups attached to an aromatic ring is 1. The fourth-order valence-electron chi connectivity index (χ4n) is 1.81. The number of carbonyl (C=O) groups excluding carboxylic acids is 1. The molecule has 0 bridgehead atoms. The molecule has 0 spiro atoms. The molecule has 0 radical (unpaired) electrons. The Morgan fingerprint density at radius 1 is 1.25 bits per heavy atom. The molecule has 0 heterocycles. The standard InChI is InChI=1S/C15H15FN2O2/c1-9-3-5-12(16)11(7-9)15(19)18-13-6-4-10(17)8-14(13)20-2/h3-8H,17H2,1-2H3,(H,18,19). The molecule has 104 valence electrons. The van der Waals surface area contributed by atoms with E-state index in [2.05, 4.69) is 5.32 Å². The number of benzene rings is 2. The molecule has 4 nitrogen and oxygen atoms in total. The minimum atomic E-state index is -0.567. The molecule has 3 N–H and O–H groups in total. The van der Waals surface area contributed by atoms with Crippen LogP contribution in [0.1, 0.15) is 15.9 Å². The van der Waals surface area contributed by atoms with Crippen LogP contribution in [0.5, 0.6) is 5.75 Å². The van der Waals surface area contributed by atoms with Crippen molar-refractivity contribution in [1.29, 1.82) is 0 Å². The van der Waals surface area contributed by atoms with E-state index >= 15 is 0 Å². The van der Waals surface area contributed by atoms with Crippen molar-refractivity contribution in [2.75, 3.05) is 18.2 Å². The Kier molecular flexibility index (Phi) is 3.89. The molecule has 0 unspecified atom stereocenters. The number of rotatable bonds is 3. The van der Waals surface area contributed by atoms with Crippen molar-refractivity contribution in [3.63, 3.8) is 0 Å². The lowest BCUT2D eigenvalue weighted by molar-refractivity contribution is 0.102. The summed E-state index contributed by atoms with van der Waals surface area (Å²) >= 11 is 0. The Morgan fingerprint density at radius 3 is 2.70 bits per heavy atom. The molecular formula is C15H15FN2O2. The molecule has 2 aromatic carbocycles. The number of amides is 1. The van der Waals surface area contributed by atoms with E-state index in [1.165, 1.54) is 19.2 Å². The normalized spacial score (nSPS) is 10.2. The molecule has 0 atom stereocenters. The van der Waals surface area contributed by atoms with Gasteiger partial charge in [0.2, 0.25) is 0 Å². The summed E-state index contributed by atoms with van der Waals surface area (Å²) in [5.74, 6) is -0.678. The topological polar surface area (TPSA) is 64.3 Å². The number of hydrogen-bond donors (Lipinski definition) is 2. The summed E-state index contributed by atoms with van der Waals surface area (Å²) in [5.41, 5.74) is 7.39. The molecule has 0 saturated heterocycles. The Morgan fingerprint density at radius 2 is 2.00 bits per heavy atom. The molecule has 2 aromatic rings. The Bertz CT molecular complexity index is 656. The monoisotopic (exact) mass is 274 g/mol. The lowest BCUT2D eigenvalue weighted by atomic mass is 10.1. The first-order valence-corrected chi connectivity index (χ1v) is 6.02. The molecule has 0 aromatic heterocycles. The highest BCUT2D eigenvalue weighted by Crippen LogP contribution is 2.27. The third kappa shape index (κ3) is 2.88. The van der Waals surface area contributed by atoms with E-state index in [4.69, 9.17) is 10.5 Å². The molecule has 1 amide bonds. The lowest BCUT2D eigenvalue weighted by Crippen LogP contribution is -2.14. The van der Waals surface area contributed by atoms with Gasteiger partial charge in [-0.25, -0.2) is 4.39 Å². The molecule has 0 aliphatic heterocycles. The van der Waals surface area contributed by atoms with Gasteiger partial charge in [-0.1, -0.05) is 11.6 Å². The molecule has 5 heteroatoms. The fraction of sp³-hybridized carbons (Fsp3) is 0.133. The summed E-state index contributed by atoms with van der Waals surface area (Å²) in [7, 11) is 1.47. The van der Waals surface area contributed by atoms with E-state index in [1.54, 1.807) is 31.2 Å². The summed E-state index contributed by atoms with van der Waals surface area (Å²) in [5, 5.41) is 2.61. The lowest BCUT2D eigenvalue weighted by Gasteiger charge is -2.11. The second-order valence-electron chi connectivity index (χ2n) is 4.40. The number of ether oxygens (including phenoxy) is 1. The first kappa shape index (κ1) is 13.9. The van der Waals surface area contributed by atoms with Crippen LogP contribution in [-0.2, 0) is 0 Å². The highest BCUT2D eigenvalue weighted by atomic mass is 19.1. The summed E-state index contributed by atoms with van der Waals surface area (Å²) in [4.78, 5) is 12.1. The van der Waals surface area contributed by atoms with E-state index < -0.39 is 11.7 Å². The minimum Gasteiger partial charge on any atom is -0.494 e. The maximum absolute atomic E-state index is 13.7. The SMILES string of the molecule is COc1cc(N)ccc1NC(=O)c1cc(C)ccc1F. The zero-order valence-electron chi connectivity index (χ0n) is 11.2. The van der Waals surface area contributed by atoms with Gasteiger partial charge in [0.25, 0.3) is 5.91 Å². The molecular weight excluding hydrogens is 259 g/mol. The van der Waals surface area contributed by atoms with Crippen LogP contribution < -0.4 is 15.8 Å². The largest absolute Gasteiger partial charge is 0.494 e. The molecule has 2 rings (SSSR count). The second kappa shape index (κ2) is 5.61. The van der Waals surface area contributed by atoms with Gasteiger partial charge in [0.05, 0.1) is 18.4 Å². The van der Waals surface area contributed by atoms with Crippen molar-refractivity contribution in [1.82, 2.24) is 0 Å². The fourth-order valence-corrected chi connectivity index (χ4v) is 1.81. The number of hydrogen-bond acceptors (Lipinski definition) is 3. The van der Waals surface area contributed by atoms with E-state index in [1.807, 2.05) is 0 Å². The van der Waals surface area contributed by atoms with Gasteiger partial charge in [0.1, 0.15) is 11.6 Å². The van der Waals surface area contributed by atoms with E-state index in [0.717, 1.165) is 5.56 Å². The third-order valence-corrected chi connectivity index (χ3v) is 2.84. The number of aryl methyl sites for hydroxylation is 1.